The van der Waals surface area contributed by atoms with Crippen molar-refractivity contribution in [2.75, 3.05) is 0 Å². The SMILES string of the molecule is Cc1ccccc1C(O)c1ccc(Cl)c2ccccc12. The first-order valence-electron chi connectivity index (χ1n) is 6.59. The van der Waals surface area contributed by atoms with Gasteiger partial charge in [0.05, 0.1) is 0 Å². The molecule has 1 atom stereocenters. The number of fused-ring (bicyclic) bond motifs is 1. The quantitative estimate of drug-likeness (QED) is 0.710. The van der Waals surface area contributed by atoms with E-state index in [2.05, 4.69) is 0 Å². The minimum absolute atomic E-state index is 0.640. The van der Waals surface area contributed by atoms with Crippen LogP contribution in [0.1, 0.15) is 22.8 Å². The largest absolute Gasteiger partial charge is 0.384 e. The topological polar surface area (TPSA) is 20.2 Å². The maximum atomic E-state index is 10.7. The molecule has 20 heavy (non-hydrogen) atoms. The second-order valence-corrected chi connectivity index (χ2v) is 5.35. The van der Waals surface area contributed by atoms with Gasteiger partial charge in [-0.2, -0.15) is 0 Å². The minimum atomic E-state index is -0.640. The second-order valence-electron chi connectivity index (χ2n) is 4.94. The highest BCUT2D eigenvalue weighted by atomic mass is 35.5. The number of aliphatic hydroxyl groups excluding tert-OH is 1. The molecule has 100 valence electrons. The second kappa shape index (κ2) is 5.28. The van der Waals surface area contributed by atoms with Crippen molar-refractivity contribution in [3.63, 3.8) is 0 Å². The smallest absolute Gasteiger partial charge is 0.105 e. The third-order valence-corrected chi connectivity index (χ3v) is 4.01. The Morgan fingerprint density at radius 2 is 1.45 bits per heavy atom. The molecule has 0 aliphatic heterocycles. The summed E-state index contributed by atoms with van der Waals surface area (Å²) in [6.07, 6.45) is -0.640. The molecule has 0 heterocycles. The minimum Gasteiger partial charge on any atom is -0.384 e. The summed E-state index contributed by atoms with van der Waals surface area (Å²) < 4.78 is 0. The van der Waals surface area contributed by atoms with Crippen LogP contribution in [-0.4, -0.2) is 5.11 Å². The predicted octanol–water partition coefficient (Wildman–Crippen LogP) is 4.88. The Morgan fingerprint density at radius 3 is 2.20 bits per heavy atom. The van der Waals surface area contributed by atoms with E-state index in [0.717, 1.165) is 27.5 Å². The van der Waals surface area contributed by atoms with Crippen molar-refractivity contribution in [2.24, 2.45) is 0 Å². The van der Waals surface area contributed by atoms with E-state index in [1.54, 1.807) is 0 Å². The normalized spacial score (nSPS) is 12.6. The van der Waals surface area contributed by atoms with Crippen LogP contribution in [0.2, 0.25) is 5.02 Å². The molecule has 1 unspecified atom stereocenters. The molecule has 0 spiro atoms. The van der Waals surface area contributed by atoms with Crippen LogP contribution < -0.4 is 0 Å². The zero-order chi connectivity index (χ0) is 14.1. The standard InChI is InChI=1S/C18H15ClO/c1-12-6-2-3-7-13(12)18(20)16-10-11-17(19)15-9-5-4-8-14(15)16/h2-11,18,20H,1H3. The van der Waals surface area contributed by atoms with Gasteiger partial charge in [0, 0.05) is 10.4 Å². The van der Waals surface area contributed by atoms with E-state index >= 15 is 0 Å². The third kappa shape index (κ3) is 2.20. The van der Waals surface area contributed by atoms with E-state index in [0.29, 0.717) is 5.02 Å². The van der Waals surface area contributed by atoms with Crippen LogP contribution in [0.3, 0.4) is 0 Å². The van der Waals surface area contributed by atoms with Crippen molar-refractivity contribution in [1.29, 1.82) is 0 Å². The summed E-state index contributed by atoms with van der Waals surface area (Å²) in [5.41, 5.74) is 2.90. The van der Waals surface area contributed by atoms with Crippen molar-refractivity contribution in [1.82, 2.24) is 0 Å². The molecule has 0 saturated carbocycles. The molecule has 0 aliphatic rings. The molecular weight excluding hydrogens is 268 g/mol. The summed E-state index contributed by atoms with van der Waals surface area (Å²) in [4.78, 5) is 0. The fourth-order valence-electron chi connectivity index (χ4n) is 2.59. The van der Waals surface area contributed by atoms with Gasteiger partial charge in [-0.05, 0) is 35.1 Å². The van der Waals surface area contributed by atoms with E-state index in [1.165, 1.54) is 0 Å². The monoisotopic (exact) mass is 282 g/mol. The Bertz CT molecular complexity index is 764. The van der Waals surface area contributed by atoms with E-state index in [4.69, 9.17) is 11.6 Å². The highest BCUT2D eigenvalue weighted by Crippen LogP contribution is 2.33. The van der Waals surface area contributed by atoms with Gasteiger partial charge in [-0.15, -0.1) is 0 Å². The lowest BCUT2D eigenvalue weighted by molar-refractivity contribution is 0.221. The highest BCUT2D eigenvalue weighted by molar-refractivity contribution is 6.35. The van der Waals surface area contributed by atoms with E-state index in [1.807, 2.05) is 67.6 Å². The average molecular weight is 283 g/mol. The third-order valence-electron chi connectivity index (χ3n) is 3.68. The van der Waals surface area contributed by atoms with Crippen LogP contribution in [0, 0.1) is 6.92 Å². The molecular formula is C18H15ClO. The van der Waals surface area contributed by atoms with Crippen molar-refractivity contribution in [3.05, 3.63) is 82.4 Å². The molecule has 3 rings (SSSR count). The van der Waals surface area contributed by atoms with E-state index in [9.17, 15) is 5.11 Å². The van der Waals surface area contributed by atoms with Crippen LogP contribution in [-0.2, 0) is 0 Å². The number of benzene rings is 3. The lowest BCUT2D eigenvalue weighted by atomic mass is 9.93. The van der Waals surface area contributed by atoms with Gasteiger partial charge in [-0.1, -0.05) is 66.2 Å². The molecule has 1 nitrogen and oxygen atoms in total. The fraction of sp³-hybridized carbons (Fsp3) is 0.111. The van der Waals surface area contributed by atoms with Crippen molar-refractivity contribution in [2.45, 2.75) is 13.0 Å². The number of aryl methyl sites for hydroxylation is 1. The lowest BCUT2D eigenvalue weighted by Crippen LogP contribution is -2.02. The average Bonchev–Trinajstić information content (AvgIpc) is 2.48. The zero-order valence-corrected chi connectivity index (χ0v) is 11.9. The summed E-state index contributed by atoms with van der Waals surface area (Å²) in [5, 5.41) is 13.4. The van der Waals surface area contributed by atoms with E-state index in [-0.39, 0.29) is 0 Å². The molecule has 3 aromatic rings. The molecule has 0 aromatic heterocycles. The Labute approximate surface area is 123 Å². The first-order valence-corrected chi connectivity index (χ1v) is 6.97. The first kappa shape index (κ1) is 13.2. The van der Waals surface area contributed by atoms with Crippen molar-refractivity contribution in [3.8, 4) is 0 Å². The number of aliphatic hydroxyl groups is 1. The zero-order valence-electron chi connectivity index (χ0n) is 11.2. The summed E-state index contributed by atoms with van der Waals surface area (Å²) >= 11 is 6.23. The maximum absolute atomic E-state index is 10.7. The van der Waals surface area contributed by atoms with Gasteiger partial charge in [-0.3, -0.25) is 0 Å². The highest BCUT2D eigenvalue weighted by Gasteiger charge is 2.16. The predicted molar refractivity (Wildman–Crippen MR) is 84.2 cm³/mol. The van der Waals surface area contributed by atoms with Gasteiger partial charge < -0.3 is 5.11 Å². The lowest BCUT2D eigenvalue weighted by Gasteiger charge is -2.17. The summed E-state index contributed by atoms with van der Waals surface area (Å²) in [6, 6.07) is 19.5. The van der Waals surface area contributed by atoms with Crippen molar-refractivity contribution >= 4 is 22.4 Å². The van der Waals surface area contributed by atoms with Gasteiger partial charge in [0.25, 0.3) is 0 Å². The Morgan fingerprint density at radius 1 is 0.800 bits per heavy atom. The molecule has 3 aromatic carbocycles. The maximum Gasteiger partial charge on any atom is 0.105 e. The molecule has 0 saturated heterocycles. The van der Waals surface area contributed by atoms with Gasteiger partial charge in [-0.25, -0.2) is 0 Å². The Hall–Kier alpha value is -1.83. The molecule has 0 aliphatic carbocycles. The Balaban J connectivity index is 2.20. The van der Waals surface area contributed by atoms with Crippen LogP contribution in [0.5, 0.6) is 0 Å². The molecule has 0 radical (unpaired) electrons. The number of hydrogen-bond acceptors (Lipinski definition) is 1. The molecule has 0 amide bonds. The van der Waals surface area contributed by atoms with Crippen LogP contribution in [0.4, 0.5) is 0 Å². The Kier molecular flexibility index (Phi) is 3.47. The molecule has 1 N–H and O–H groups in total. The molecule has 0 bridgehead atoms. The van der Waals surface area contributed by atoms with Gasteiger partial charge in [0.1, 0.15) is 6.10 Å². The van der Waals surface area contributed by atoms with Crippen LogP contribution in [0.25, 0.3) is 10.8 Å². The molecule has 0 fully saturated rings. The van der Waals surface area contributed by atoms with Crippen LogP contribution >= 0.6 is 11.6 Å². The van der Waals surface area contributed by atoms with E-state index < -0.39 is 6.10 Å². The summed E-state index contributed by atoms with van der Waals surface area (Å²) in [5.74, 6) is 0. The van der Waals surface area contributed by atoms with Gasteiger partial charge in [0.15, 0.2) is 0 Å². The number of hydrogen-bond donors (Lipinski definition) is 1. The van der Waals surface area contributed by atoms with Crippen molar-refractivity contribution < 1.29 is 5.11 Å². The summed E-state index contributed by atoms with van der Waals surface area (Å²) in [7, 11) is 0. The fourth-order valence-corrected chi connectivity index (χ4v) is 2.81. The van der Waals surface area contributed by atoms with Crippen LogP contribution in [0.15, 0.2) is 60.7 Å². The van der Waals surface area contributed by atoms with Gasteiger partial charge >= 0.3 is 0 Å². The first-order chi connectivity index (χ1) is 9.68. The number of halogens is 1. The summed E-state index contributed by atoms with van der Waals surface area (Å²) in [6.45, 7) is 2.01. The van der Waals surface area contributed by atoms with Gasteiger partial charge in [0.2, 0.25) is 0 Å². The number of rotatable bonds is 2. The molecule has 2 heteroatoms.